The Balaban J connectivity index is 2.09. The predicted molar refractivity (Wildman–Crippen MR) is 75.0 cm³/mol. The second-order valence-electron chi connectivity index (χ2n) is 6.27. The van der Waals surface area contributed by atoms with Crippen molar-refractivity contribution in [1.82, 2.24) is 4.98 Å². The molecule has 1 fully saturated rings. The number of aromatic nitrogens is 1. The molecular formula is C15H22ClNO. The maximum atomic E-state index is 6.16. The molecule has 2 nitrogen and oxygen atoms in total. The van der Waals surface area contributed by atoms with Gasteiger partial charge < -0.3 is 4.74 Å². The molecule has 1 aromatic heterocycles. The van der Waals surface area contributed by atoms with Crippen molar-refractivity contribution in [3.63, 3.8) is 0 Å². The molecule has 0 radical (unpaired) electrons. The highest BCUT2D eigenvalue weighted by molar-refractivity contribution is 6.17. The molecule has 100 valence electrons. The Labute approximate surface area is 115 Å². The molecule has 0 spiro atoms. The molecule has 0 saturated heterocycles. The predicted octanol–water partition coefficient (Wildman–Crippen LogP) is 4.41. The fourth-order valence-electron chi connectivity index (χ4n) is 3.16. The summed E-state index contributed by atoms with van der Waals surface area (Å²) in [6, 6.07) is 1.92. The van der Waals surface area contributed by atoms with Gasteiger partial charge in [0.1, 0.15) is 5.75 Å². The highest BCUT2D eigenvalue weighted by Crippen LogP contribution is 2.40. The van der Waals surface area contributed by atoms with Gasteiger partial charge in [0.25, 0.3) is 0 Å². The Hall–Kier alpha value is -0.760. The molecule has 1 heterocycles. The molecule has 0 aromatic carbocycles. The minimum absolute atomic E-state index is 0.299. The summed E-state index contributed by atoms with van der Waals surface area (Å²) < 4.78 is 6.16. The summed E-state index contributed by atoms with van der Waals surface area (Å²) in [5, 5.41) is 0. The third-order valence-electron chi connectivity index (χ3n) is 3.64. The fraction of sp³-hybridized carbons (Fsp3) is 0.667. The van der Waals surface area contributed by atoms with Crippen LogP contribution < -0.4 is 4.74 Å². The van der Waals surface area contributed by atoms with E-state index < -0.39 is 0 Å². The minimum atomic E-state index is 0.299. The van der Waals surface area contributed by atoms with Crippen LogP contribution in [-0.4, -0.2) is 11.1 Å². The van der Waals surface area contributed by atoms with E-state index in [1.165, 1.54) is 6.42 Å². The maximum absolute atomic E-state index is 6.16. The molecule has 1 saturated carbocycles. The first-order chi connectivity index (χ1) is 8.50. The smallest absolute Gasteiger partial charge is 0.127 e. The minimum Gasteiger partial charge on any atom is -0.490 e. The SMILES string of the molecule is CC1CC(Oc2ccncc2CCl)CC(C)(C)C1. The zero-order valence-electron chi connectivity index (χ0n) is 11.4. The number of pyridine rings is 1. The van der Waals surface area contributed by atoms with E-state index in [1.807, 2.05) is 6.07 Å². The van der Waals surface area contributed by atoms with Crippen LogP contribution >= 0.6 is 11.6 Å². The Morgan fingerprint density at radius 2 is 2.22 bits per heavy atom. The lowest BCUT2D eigenvalue weighted by atomic mass is 9.71. The second kappa shape index (κ2) is 5.48. The topological polar surface area (TPSA) is 22.1 Å². The summed E-state index contributed by atoms with van der Waals surface area (Å²) in [4.78, 5) is 4.09. The van der Waals surface area contributed by atoms with Crippen LogP contribution in [-0.2, 0) is 5.88 Å². The first kappa shape index (κ1) is 13.7. The van der Waals surface area contributed by atoms with Crippen molar-refractivity contribution in [2.45, 2.75) is 52.0 Å². The van der Waals surface area contributed by atoms with Gasteiger partial charge in [0.2, 0.25) is 0 Å². The monoisotopic (exact) mass is 267 g/mol. The van der Waals surface area contributed by atoms with E-state index in [0.29, 0.717) is 17.4 Å². The average molecular weight is 268 g/mol. The second-order valence-corrected chi connectivity index (χ2v) is 6.54. The van der Waals surface area contributed by atoms with Gasteiger partial charge in [-0.2, -0.15) is 0 Å². The number of hydrogen-bond donors (Lipinski definition) is 0. The van der Waals surface area contributed by atoms with Crippen LogP contribution in [0.5, 0.6) is 5.75 Å². The van der Waals surface area contributed by atoms with Gasteiger partial charge in [-0.05, 0) is 36.7 Å². The van der Waals surface area contributed by atoms with Gasteiger partial charge >= 0.3 is 0 Å². The van der Waals surface area contributed by atoms with E-state index in [0.717, 1.165) is 30.1 Å². The summed E-state index contributed by atoms with van der Waals surface area (Å²) in [7, 11) is 0. The lowest BCUT2D eigenvalue weighted by molar-refractivity contribution is 0.0557. The van der Waals surface area contributed by atoms with Crippen molar-refractivity contribution in [2.75, 3.05) is 0 Å². The molecule has 1 aliphatic carbocycles. The first-order valence-electron chi connectivity index (χ1n) is 6.66. The quantitative estimate of drug-likeness (QED) is 0.757. The summed E-state index contributed by atoms with van der Waals surface area (Å²) in [5.41, 5.74) is 1.35. The first-order valence-corrected chi connectivity index (χ1v) is 7.19. The Morgan fingerprint density at radius 3 is 2.89 bits per heavy atom. The number of halogens is 1. The van der Waals surface area contributed by atoms with Crippen molar-refractivity contribution < 1.29 is 4.74 Å². The third kappa shape index (κ3) is 3.38. The van der Waals surface area contributed by atoms with E-state index >= 15 is 0 Å². The Morgan fingerprint density at radius 1 is 1.44 bits per heavy atom. The zero-order valence-corrected chi connectivity index (χ0v) is 12.2. The third-order valence-corrected chi connectivity index (χ3v) is 3.93. The number of alkyl halides is 1. The van der Waals surface area contributed by atoms with E-state index in [9.17, 15) is 0 Å². The molecular weight excluding hydrogens is 246 g/mol. The molecule has 1 aromatic rings. The number of hydrogen-bond acceptors (Lipinski definition) is 2. The largest absolute Gasteiger partial charge is 0.490 e. The van der Waals surface area contributed by atoms with Crippen LogP contribution in [0.3, 0.4) is 0 Å². The summed E-state index contributed by atoms with van der Waals surface area (Å²) >= 11 is 5.91. The lowest BCUT2D eigenvalue weighted by Gasteiger charge is -2.39. The molecule has 0 aliphatic heterocycles. The summed E-state index contributed by atoms with van der Waals surface area (Å²) in [5.74, 6) is 2.07. The molecule has 2 atom stereocenters. The van der Waals surface area contributed by atoms with Crippen LogP contribution in [0.2, 0.25) is 0 Å². The molecule has 0 N–H and O–H groups in total. The van der Waals surface area contributed by atoms with Crippen molar-refractivity contribution in [2.24, 2.45) is 11.3 Å². The highest BCUT2D eigenvalue weighted by Gasteiger charge is 2.33. The Kier molecular flexibility index (Phi) is 4.16. The standard InChI is InChI=1S/C15H22ClNO/c1-11-6-13(8-15(2,3)7-11)18-14-4-5-17-10-12(14)9-16/h4-5,10-11,13H,6-9H2,1-3H3. The highest BCUT2D eigenvalue weighted by atomic mass is 35.5. The zero-order chi connectivity index (χ0) is 13.2. The molecule has 3 heteroatoms. The van der Waals surface area contributed by atoms with E-state index in [-0.39, 0.29) is 0 Å². The maximum Gasteiger partial charge on any atom is 0.127 e. The summed E-state index contributed by atoms with van der Waals surface area (Å²) in [6.07, 6.45) is 7.39. The fourth-order valence-corrected chi connectivity index (χ4v) is 3.36. The van der Waals surface area contributed by atoms with Gasteiger partial charge in [-0.1, -0.05) is 20.8 Å². The van der Waals surface area contributed by atoms with Crippen LogP contribution in [0.25, 0.3) is 0 Å². The molecule has 18 heavy (non-hydrogen) atoms. The number of rotatable bonds is 3. The van der Waals surface area contributed by atoms with Crippen LogP contribution in [0, 0.1) is 11.3 Å². The van der Waals surface area contributed by atoms with Gasteiger partial charge in [0, 0.05) is 18.0 Å². The van der Waals surface area contributed by atoms with E-state index in [4.69, 9.17) is 16.3 Å². The van der Waals surface area contributed by atoms with E-state index in [2.05, 4.69) is 25.8 Å². The van der Waals surface area contributed by atoms with Gasteiger partial charge in [0.15, 0.2) is 0 Å². The van der Waals surface area contributed by atoms with Crippen molar-refractivity contribution in [3.8, 4) is 5.75 Å². The lowest BCUT2D eigenvalue weighted by Crippen LogP contribution is -2.34. The van der Waals surface area contributed by atoms with E-state index in [1.54, 1.807) is 12.4 Å². The molecule has 2 unspecified atom stereocenters. The van der Waals surface area contributed by atoms with Gasteiger partial charge in [-0.3, -0.25) is 4.98 Å². The number of ether oxygens (including phenoxy) is 1. The average Bonchev–Trinajstić information content (AvgIpc) is 2.27. The normalized spacial score (nSPS) is 26.9. The Bertz CT molecular complexity index is 405. The van der Waals surface area contributed by atoms with Crippen LogP contribution in [0.4, 0.5) is 0 Å². The van der Waals surface area contributed by atoms with Gasteiger partial charge in [-0.25, -0.2) is 0 Å². The molecule has 0 amide bonds. The summed E-state index contributed by atoms with van der Waals surface area (Å²) in [6.45, 7) is 6.97. The van der Waals surface area contributed by atoms with Crippen LogP contribution in [0.15, 0.2) is 18.5 Å². The number of nitrogens with zero attached hydrogens (tertiary/aromatic N) is 1. The molecule has 1 aliphatic rings. The van der Waals surface area contributed by atoms with Crippen molar-refractivity contribution in [3.05, 3.63) is 24.0 Å². The van der Waals surface area contributed by atoms with Crippen molar-refractivity contribution >= 4 is 11.6 Å². The van der Waals surface area contributed by atoms with Crippen molar-refractivity contribution in [1.29, 1.82) is 0 Å². The molecule has 0 bridgehead atoms. The molecule has 2 rings (SSSR count). The van der Waals surface area contributed by atoms with Gasteiger partial charge in [-0.15, -0.1) is 11.6 Å². The van der Waals surface area contributed by atoms with Crippen LogP contribution in [0.1, 0.15) is 45.6 Å². The van der Waals surface area contributed by atoms with Gasteiger partial charge in [0.05, 0.1) is 12.0 Å².